The third-order valence-corrected chi connectivity index (χ3v) is 5.50. The van der Waals surface area contributed by atoms with Gasteiger partial charge in [-0.05, 0) is 48.9 Å². The summed E-state index contributed by atoms with van der Waals surface area (Å²) >= 11 is 1.48. The SMILES string of the molecule is CC.C[C@H](Nc1nc(C(=O)N2CCCC2)c2sccc2n1)c1cccc(F)c1. The Bertz CT molecular complexity index is 952. The fraction of sp³-hybridized carbons (Fsp3) is 0.381. The number of aromatic nitrogens is 2. The number of nitrogens with zero attached hydrogens (tertiary/aromatic N) is 3. The minimum atomic E-state index is -0.282. The van der Waals surface area contributed by atoms with Gasteiger partial charge in [0.25, 0.3) is 5.91 Å². The topological polar surface area (TPSA) is 58.1 Å². The van der Waals surface area contributed by atoms with E-state index in [0.29, 0.717) is 11.6 Å². The standard InChI is InChI=1S/C19H19FN4OS.C2H6/c1-12(13-5-4-6-14(20)11-13)21-19-22-15-7-10-26-17(15)16(23-19)18(25)24-8-2-3-9-24;1-2/h4-7,10-12H,2-3,8-9H2,1H3,(H,21,22,23);1-2H3/t12-;/m0./s1. The lowest BCUT2D eigenvalue weighted by Crippen LogP contribution is -2.28. The Morgan fingerprint density at radius 3 is 2.68 bits per heavy atom. The molecule has 5 nitrogen and oxygen atoms in total. The largest absolute Gasteiger partial charge is 0.348 e. The molecule has 148 valence electrons. The molecule has 28 heavy (non-hydrogen) atoms. The minimum Gasteiger partial charge on any atom is -0.348 e. The monoisotopic (exact) mass is 400 g/mol. The van der Waals surface area contributed by atoms with Crippen LogP contribution in [0, 0.1) is 5.82 Å². The number of halogens is 1. The number of thiophene rings is 1. The number of anilines is 1. The molecule has 0 unspecified atom stereocenters. The van der Waals surface area contributed by atoms with E-state index < -0.39 is 0 Å². The molecule has 1 aliphatic heterocycles. The van der Waals surface area contributed by atoms with Crippen molar-refractivity contribution < 1.29 is 9.18 Å². The van der Waals surface area contributed by atoms with Crippen LogP contribution in [0.25, 0.3) is 10.2 Å². The van der Waals surface area contributed by atoms with Gasteiger partial charge in [0.15, 0.2) is 5.69 Å². The number of likely N-dealkylation sites (tertiary alicyclic amines) is 1. The second-order valence-electron chi connectivity index (χ2n) is 6.45. The molecule has 1 amide bonds. The number of amides is 1. The lowest BCUT2D eigenvalue weighted by Gasteiger charge is -2.17. The Balaban J connectivity index is 0.00000109. The number of carbonyl (C=O) groups excluding carboxylic acids is 1. The predicted octanol–water partition coefficient (Wildman–Crippen LogP) is 5.27. The average molecular weight is 401 g/mol. The zero-order valence-electron chi connectivity index (χ0n) is 16.4. The number of fused-ring (bicyclic) bond motifs is 1. The van der Waals surface area contributed by atoms with Crippen LogP contribution in [0.3, 0.4) is 0 Å². The molecule has 0 radical (unpaired) electrons. The molecule has 3 aromatic rings. The van der Waals surface area contributed by atoms with Gasteiger partial charge < -0.3 is 10.2 Å². The number of hydrogen-bond donors (Lipinski definition) is 1. The molecular weight excluding hydrogens is 375 g/mol. The zero-order chi connectivity index (χ0) is 20.1. The number of benzene rings is 1. The molecule has 1 aromatic carbocycles. The molecule has 1 fully saturated rings. The Morgan fingerprint density at radius 2 is 1.96 bits per heavy atom. The summed E-state index contributed by atoms with van der Waals surface area (Å²) in [7, 11) is 0. The first kappa shape index (κ1) is 20.2. The highest BCUT2D eigenvalue weighted by Crippen LogP contribution is 2.27. The van der Waals surface area contributed by atoms with E-state index in [1.807, 2.05) is 43.2 Å². The van der Waals surface area contributed by atoms with Gasteiger partial charge in [-0.1, -0.05) is 26.0 Å². The van der Waals surface area contributed by atoms with Crippen LogP contribution in [0.2, 0.25) is 0 Å². The maximum absolute atomic E-state index is 13.5. The van der Waals surface area contributed by atoms with E-state index in [9.17, 15) is 9.18 Å². The van der Waals surface area contributed by atoms with E-state index in [4.69, 9.17) is 0 Å². The summed E-state index contributed by atoms with van der Waals surface area (Å²) in [5.41, 5.74) is 1.99. The van der Waals surface area contributed by atoms with E-state index in [1.165, 1.54) is 23.5 Å². The van der Waals surface area contributed by atoms with Gasteiger partial charge >= 0.3 is 0 Å². The first-order valence-electron chi connectivity index (χ1n) is 9.68. The Kier molecular flexibility index (Phi) is 6.57. The predicted molar refractivity (Wildman–Crippen MR) is 112 cm³/mol. The van der Waals surface area contributed by atoms with E-state index in [0.717, 1.165) is 41.7 Å². The van der Waals surface area contributed by atoms with Gasteiger partial charge in [-0.2, -0.15) is 0 Å². The van der Waals surface area contributed by atoms with Crippen molar-refractivity contribution in [3.05, 3.63) is 52.8 Å². The maximum Gasteiger partial charge on any atom is 0.274 e. The minimum absolute atomic E-state index is 0.0428. The summed E-state index contributed by atoms with van der Waals surface area (Å²) in [4.78, 5) is 23.8. The fourth-order valence-corrected chi connectivity index (χ4v) is 4.01. The van der Waals surface area contributed by atoms with Gasteiger partial charge in [0.05, 0.1) is 16.3 Å². The Morgan fingerprint density at radius 1 is 1.21 bits per heavy atom. The molecule has 3 heterocycles. The van der Waals surface area contributed by atoms with Gasteiger partial charge in [-0.3, -0.25) is 4.79 Å². The second-order valence-corrected chi connectivity index (χ2v) is 7.37. The van der Waals surface area contributed by atoms with Crippen LogP contribution < -0.4 is 5.32 Å². The molecule has 0 aliphatic carbocycles. The molecular formula is C21H25FN4OS. The van der Waals surface area contributed by atoms with Crippen LogP contribution in [0.5, 0.6) is 0 Å². The van der Waals surface area contributed by atoms with Crippen LogP contribution in [0.4, 0.5) is 10.3 Å². The zero-order valence-corrected chi connectivity index (χ0v) is 17.2. The van der Waals surface area contributed by atoms with Crippen molar-refractivity contribution in [3.63, 3.8) is 0 Å². The maximum atomic E-state index is 13.5. The Hall–Kier alpha value is -2.54. The van der Waals surface area contributed by atoms with Crippen molar-refractivity contribution in [2.24, 2.45) is 0 Å². The van der Waals surface area contributed by atoms with Gasteiger partial charge in [0.2, 0.25) is 5.95 Å². The summed E-state index contributed by atoms with van der Waals surface area (Å²) in [6, 6.07) is 8.12. The molecule has 7 heteroatoms. The van der Waals surface area contributed by atoms with Crippen molar-refractivity contribution >= 4 is 33.4 Å². The third kappa shape index (κ3) is 4.30. The van der Waals surface area contributed by atoms with Gasteiger partial charge in [-0.15, -0.1) is 11.3 Å². The van der Waals surface area contributed by atoms with Crippen molar-refractivity contribution in [3.8, 4) is 0 Å². The summed E-state index contributed by atoms with van der Waals surface area (Å²) in [5.74, 6) is 0.0595. The average Bonchev–Trinajstić information content (AvgIpc) is 3.40. The van der Waals surface area contributed by atoms with Crippen molar-refractivity contribution in [2.45, 2.75) is 39.7 Å². The molecule has 0 spiro atoms. The summed E-state index contributed by atoms with van der Waals surface area (Å²) in [6.07, 6.45) is 2.07. The molecule has 1 N–H and O–H groups in total. The molecule has 1 aliphatic rings. The summed E-state index contributed by atoms with van der Waals surface area (Å²) in [6.45, 7) is 7.47. The van der Waals surface area contributed by atoms with Crippen LogP contribution in [0.15, 0.2) is 35.7 Å². The van der Waals surface area contributed by atoms with Crippen LogP contribution in [0.1, 0.15) is 55.7 Å². The number of nitrogens with one attached hydrogen (secondary N) is 1. The number of hydrogen-bond acceptors (Lipinski definition) is 5. The van der Waals surface area contributed by atoms with Gasteiger partial charge in [-0.25, -0.2) is 14.4 Å². The molecule has 0 saturated carbocycles. The third-order valence-electron chi connectivity index (χ3n) is 4.59. The molecule has 2 aromatic heterocycles. The van der Waals surface area contributed by atoms with Crippen LogP contribution >= 0.6 is 11.3 Å². The van der Waals surface area contributed by atoms with E-state index in [-0.39, 0.29) is 17.8 Å². The highest BCUT2D eigenvalue weighted by atomic mass is 32.1. The van der Waals surface area contributed by atoms with Crippen LogP contribution in [-0.2, 0) is 0 Å². The highest BCUT2D eigenvalue weighted by Gasteiger charge is 2.24. The van der Waals surface area contributed by atoms with Crippen molar-refractivity contribution in [2.75, 3.05) is 18.4 Å². The normalized spacial score (nSPS) is 14.5. The van der Waals surface area contributed by atoms with Crippen LogP contribution in [-0.4, -0.2) is 33.9 Å². The molecule has 1 saturated heterocycles. The number of carbonyl (C=O) groups is 1. The van der Waals surface area contributed by atoms with E-state index in [1.54, 1.807) is 6.07 Å². The Labute approximate surface area is 168 Å². The van der Waals surface area contributed by atoms with E-state index in [2.05, 4.69) is 15.3 Å². The molecule has 4 rings (SSSR count). The summed E-state index contributed by atoms with van der Waals surface area (Å²) in [5, 5.41) is 5.11. The quantitative estimate of drug-likeness (QED) is 0.648. The lowest BCUT2D eigenvalue weighted by molar-refractivity contribution is 0.0789. The molecule has 0 bridgehead atoms. The summed E-state index contributed by atoms with van der Waals surface area (Å²) < 4.78 is 14.3. The fourth-order valence-electron chi connectivity index (χ4n) is 3.20. The number of rotatable bonds is 4. The van der Waals surface area contributed by atoms with Crippen molar-refractivity contribution in [1.29, 1.82) is 0 Å². The van der Waals surface area contributed by atoms with E-state index >= 15 is 0 Å². The van der Waals surface area contributed by atoms with Gasteiger partial charge in [0, 0.05) is 13.1 Å². The lowest BCUT2D eigenvalue weighted by atomic mass is 10.1. The first-order chi connectivity index (χ1) is 13.6. The first-order valence-corrected chi connectivity index (χ1v) is 10.6. The van der Waals surface area contributed by atoms with Gasteiger partial charge in [0.1, 0.15) is 5.82 Å². The highest BCUT2D eigenvalue weighted by molar-refractivity contribution is 7.17. The molecule has 1 atom stereocenters. The second kappa shape index (κ2) is 9.10. The van der Waals surface area contributed by atoms with Crippen molar-refractivity contribution in [1.82, 2.24) is 14.9 Å². The smallest absolute Gasteiger partial charge is 0.274 e.